The summed E-state index contributed by atoms with van der Waals surface area (Å²) in [4.78, 5) is 70.0. The van der Waals surface area contributed by atoms with Crippen molar-refractivity contribution in [3.8, 4) is 0 Å². The van der Waals surface area contributed by atoms with Crippen molar-refractivity contribution in [1.82, 2.24) is 16.0 Å². The van der Waals surface area contributed by atoms with E-state index in [9.17, 15) is 28.8 Å². The standard InChI is InChI=1S/C17H28N4O10/c1-3-7(2)13(18)16(29)20-9(5-12(25)26)14(27)19-8(4-11(23)24)15(28)21-10(6-22)17(30)31/h7-10,13,22H,3-6,18H2,1-2H3,(H,19,27)(H,20,29)(H,21,28)(H,23,24)(H,25,26)(H,30,31). The molecule has 176 valence electrons. The Morgan fingerprint density at radius 3 is 1.48 bits per heavy atom. The summed E-state index contributed by atoms with van der Waals surface area (Å²) in [5.41, 5.74) is 5.75. The number of nitrogens with one attached hydrogen (secondary N) is 3. The van der Waals surface area contributed by atoms with E-state index >= 15 is 0 Å². The summed E-state index contributed by atoms with van der Waals surface area (Å²) >= 11 is 0. The zero-order valence-corrected chi connectivity index (χ0v) is 17.0. The molecular formula is C17H28N4O10. The van der Waals surface area contributed by atoms with Gasteiger partial charge in [0.05, 0.1) is 25.5 Å². The smallest absolute Gasteiger partial charge is 0.328 e. The first kappa shape index (κ1) is 27.7. The van der Waals surface area contributed by atoms with Crippen LogP contribution < -0.4 is 21.7 Å². The van der Waals surface area contributed by atoms with Crippen molar-refractivity contribution in [3.63, 3.8) is 0 Å². The third-order valence-corrected chi connectivity index (χ3v) is 4.38. The van der Waals surface area contributed by atoms with Crippen LogP contribution in [0.5, 0.6) is 0 Å². The predicted octanol–water partition coefficient (Wildman–Crippen LogP) is -3.16. The molecule has 3 amide bonds. The van der Waals surface area contributed by atoms with Crippen molar-refractivity contribution in [3.05, 3.63) is 0 Å². The summed E-state index contributed by atoms with van der Waals surface area (Å²) in [6, 6.07) is -6.30. The highest BCUT2D eigenvalue weighted by molar-refractivity contribution is 5.96. The number of carboxylic acid groups (broad SMARTS) is 3. The first-order valence-corrected chi connectivity index (χ1v) is 9.27. The lowest BCUT2D eigenvalue weighted by Gasteiger charge is -2.24. The SMILES string of the molecule is CCC(C)C(N)C(=O)NC(CC(=O)O)C(=O)NC(CC(=O)O)C(=O)NC(CO)C(=O)O. The molecule has 5 unspecified atom stereocenters. The van der Waals surface area contributed by atoms with E-state index in [0.717, 1.165) is 0 Å². The molecule has 0 aliphatic carbocycles. The molecule has 0 aliphatic rings. The average molecular weight is 448 g/mol. The molecule has 0 aromatic carbocycles. The Morgan fingerprint density at radius 2 is 1.16 bits per heavy atom. The number of carboxylic acids is 3. The summed E-state index contributed by atoms with van der Waals surface area (Å²) in [6.45, 7) is 2.44. The Morgan fingerprint density at radius 1 is 0.774 bits per heavy atom. The summed E-state index contributed by atoms with van der Waals surface area (Å²) in [7, 11) is 0. The molecule has 0 aromatic heterocycles. The zero-order valence-electron chi connectivity index (χ0n) is 17.0. The van der Waals surface area contributed by atoms with E-state index < -0.39 is 79.2 Å². The number of hydrogen-bond donors (Lipinski definition) is 8. The van der Waals surface area contributed by atoms with Crippen molar-refractivity contribution < 1.29 is 49.2 Å². The first-order valence-electron chi connectivity index (χ1n) is 9.27. The van der Waals surface area contributed by atoms with Crippen LogP contribution in [0.15, 0.2) is 0 Å². The van der Waals surface area contributed by atoms with Gasteiger partial charge in [0.2, 0.25) is 17.7 Å². The Balaban J connectivity index is 5.50. The Kier molecular flexibility index (Phi) is 11.7. The molecule has 0 heterocycles. The lowest BCUT2D eigenvalue weighted by atomic mass is 9.99. The molecule has 0 fully saturated rings. The van der Waals surface area contributed by atoms with Gasteiger partial charge < -0.3 is 42.1 Å². The van der Waals surface area contributed by atoms with Gasteiger partial charge >= 0.3 is 17.9 Å². The van der Waals surface area contributed by atoms with Crippen molar-refractivity contribution in [2.45, 2.75) is 57.3 Å². The number of carbonyl (C=O) groups is 6. The quantitative estimate of drug-likeness (QED) is 0.132. The van der Waals surface area contributed by atoms with Gasteiger partial charge in [0.25, 0.3) is 0 Å². The summed E-state index contributed by atoms with van der Waals surface area (Å²) in [5.74, 6) is -8.15. The fourth-order valence-electron chi connectivity index (χ4n) is 2.28. The topological polar surface area (TPSA) is 245 Å². The number of hydrogen-bond acceptors (Lipinski definition) is 8. The van der Waals surface area contributed by atoms with Crippen LogP contribution in [0.4, 0.5) is 0 Å². The number of rotatable bonds is 14. The van der Waals surface area contributed by atoms with E-state index in [-0.39, 0.29) is 5.92 Å². The molecule has 9 N–H and O–H groups in total. The number of carbonyl (C=O) groups excluding carboxylic acids is 3. The van der Waals surface area contributed by atoms with E-state index in [1.54, 1.807) is 13.8 Å². The number of aliphatic carboxylic acids is 3. The highest BCUT2D eigenvalue weighted by Gasteiger charge is 2.32. The maximum Gasteiger partial charge on any atom is 0.328 e. The molecule has 0 saturated carbocycles. The monoisotopic (exact) mass is 448 g/mol. The molecule has 0 aromatic rings. The van der Waals surface area contributed by atoms with Crippen LogP contribution in [-0.2, 0) is 28.8 Å². The highest BCUT2D eigenvalue weighted by Crippen LogP contribution is 2.07. The van der Waals surface area contributed by atoms with Gasteiger partial charge in [-0.2, -0.15) is 0 Å². The maximum absolute atomic E-state index is 12.5. The largest absolute Gasteiger partial charge is 0.481 e. The number of aliphatic hydroxyl groups is 1. The summed E-state index contributed by atoms with van der Waals surface area (Å²) in [6.07, 6.45) is -1.34. The van der Waals surface area contributed by atoms with Crippen LogP contribution in [-0.4, -0.2) is 86.8 Å². The fourth-order valence-corrected chi connectivity index (χ4v) is 2.28. The van der Waals surface area contributed by atoms with E-state index in [1.807, 2.05) is 10.6 Å². The predicted molar refractivity (Wildman–Crippen MR) is 102 cm³/mol. The van der Waals surface area contributed by atoms with Crippen LogP contribution in [0.2, 0.25) is 0 Å². The van der Waals surface area contributed by atoms with Gasteiger partial charge in [0.1, 0.15) is 18.1 Å². The molecule has 14 nitrogen and oxygen atoms in total. The van der Waals surface area contributed by atoms with Crippen LogP contribution in [0.25, 0.3) is 0 Å². The van der Waals surface area contributed by atoms with E-state index in [0.29, 0.717) is 6.42 Å². The van der Waals surface area contributed by atoms with Gasteiger partial charge in [-0.1, -0.05) is 20.3 Å². The van der Waals surface area contributed by atoms with E-state index in [4.69, 9.17) is 26.2 Å². The molecule has 14 heteroatoms. The van der Waals surface area contributed by atoms with Gasteiger partial charge in [0.15, 0.2) is 0 Å². The molecule has 5 atom stereocenters. The second kappa shape index (κ2) is 13.1. The van der Waals surface area contributed by atoms with Crippen molar-refractivity contribution in [2.24, 2.45) is 11.7 Å². The van der Waals surface area contributed by atoms with Crippen molar-refractivity contribution in [2.75, 3.05) is 6.61 Å². The second-order valence-electron chi connectivity index (χ2n) is 6.81. The molecular weight excluding hydrogens is 420 g/mol. The molecule has 0 aliphatic heterocycles. The Hall–Kier alpha value is -3.26. The summed E-state index contributed by atoms with van der Waals surface area (Å²) in [5, 5.41) is 41.8. The molecule has 0 bridgehead atoms. The van der Waals surface area contributed by atoms with E-state index in [2.05, 4.69) is 5.32 Å². The van der Waals surface area contributed by atoms with Crippen LogP contribution in [0.3, 0.4) is 0 Å². The van der Waals surface area contributed by atoms with Gasteiger partial charge in [-0.25, -0.2) is 4.79 Å². The second-order valence-corrected chi connectivity index (χ2v) is 6.81. The van der Waals surface area contributed by atoms with Crippen molar-refractivity contribution >= 4 is 35.6 Å². The lowest BCUT2D eigenvalue weighted by Crippen LogP contribution is -2.58. The van der Waals surface area contributed by atoms with Gasteiger partial charge in [-0.05, 0) is 5.92 Å². The van der Waals surface area contributed by atoms with Crippen LogP contribution in [0.1, 0.15) is 33.1 Å². The Bertz CT molecular complexity index is 698. The minimum absolute atomic E-state index is 0.287. The third-order valence-electron chi connectivity index (χ3n) is 4.38. The van der Waals surface area contributed by atoms with E-state index in [1.165, 1.54) is 0 Å². The molecule has 0 radical (unpaired) electrons. The third kappa shape index (κ3) is 9.86. The number of nitrogens with two attached hydrogens (primary N) is 1. The molecule has 31 heavy (non-hydrogen) atoms. The number of aliphatic hydroxyl groups excluding tert-OH is 1. The minimum Gasteiger partial charge on any atom is -0.481 e. The van der Waals surface area contributed by atoms with Gasteiger partial charge in [0, 0.05) is 0 Å². The average Bonchev–Trinajstić information content (AvgIpc) is 2.68. The fraction of sp³-hybridized carbons (Fsp3) is 0.647. The van der Waals surface area contributed by atoms with Gasteiger partial charge in [-0.15, -0.1) is 0 Å². The van der Waals surface area contributed by atoms with Crippen molar-refractivity contribution in [1.29, 1.82) is 0 Å². The van der Waals surface area contributed by atoms with Crippen LogP contribution in [0, 0.1) is 5.92 Å². The Labute approximate surface area is 177 Å². The first-order chi connectivity index (χ1) is 14.3. The minimum atomic E-state index is -1.81. The normalized spacial score (nSPS) is 15.5. The van der Waals surface area contributed by atoms with Crippen LogP contribution >= 0.6 is 0 Å². The van der Waals surface area contributed by atoms with Gasteiger partial charge in [-0.3, -0.25) is 24.0 Å². The maximum atomic E-state index is 12.5. The molecule has 0 spiro atoms. The molecule has 0 saturated heterocycles. The molecule has 0 rings (SSSR count). The highest BCUT2D eigenvalue weighted by atomic mass is 16.4. The summed E-state index contributed by atoms with van der Waals surface area (Å²) < 4.78 is 0. The zero-order chi connectivity index (χ0) is 24.3. The lowest BCUT2D eigenvalue weighted by molar-refractivity contribution is -0.145. The number of amides is 3.